The smallest absolute Gasteiger partial charge is 0.140 e. The molecule has 4 heteroatoms. The maximum absolute atomic E-state index is 10.5. The Hall–Kier alpha value is -2.75. The lowest BCUT2D eigenvalue weighted by molar-refractivity contribution is 0.193. The minimum Gasteiger partial charge on any atom is -0.488 e. The number of para-hydroxylation sites is 1. The van der Waals surface area contributed by atoms with E-state index in [9.17, 15) is 5.11 Å². The van der Waals surface area contributed by atoms with Crippen LogP contribution >= 0.6 is 11.6 Å². The van der Waals surface area contributed by atoms with Crippen LogP contribution in [0.4, 0.5) is 0 Å². The topological polar surface area (TPSA) is 38.7 Å². The Bertz CT molecular complexity index is 951. The third kappa shape index (κ3) is 3.45. The second-order valence-electron chi connectivity index (χ2n) is 6.05. The van der Waals surface area contributed by atoms with Crippen LogP contribution in [0.2, 0.25) is 5.02 Å². The van der Waals surface area contributed by atoms with E-state index >= 15 is 0 Å². The Morgan fingerprint density at radius 2 is 1.77 bits per heavy atom. The normalized spacial score (nSPS) is 17.0. The molecule has 0 fully saturated rings. The average molecular weight is 365 g/mol. The van der Waals surface area contributed by atoms with Gasteiger partial charge in [0.25, 0.3) is 0 Å². The van der Waals surface area contributed by atoms with Gasteiger partial charge in [0.15, 0.2) is 0 Å². The van der Waals surface area contributed by atoms with Crippen molar-refractivity contribution in [2.45, 2.75) is 12.7 Å². The fourth-order valence-electron chi connectivity index (χ4n) is 2.90. The number of ether oxygens (including phenoxy) is 2. The van der Waals surface area contributed by atoms with Gasteiger partial charge in [-0.2, -0.15) is 0 Å². The molecule has 1 aliphatic heterocycles. The number of halogens is 1. The van der Waals surface area contributed by atoms with Gasteiger partial charge in [-0.15, -0.1) is 0 Å². The molecule has 0 saturated carbocycles. The zero-order valence-electron chi connectivity index (χ0n) is 13.9. The lowest BCUT2D eigenvalue weighted by Gasteiger charge is -2.11. The molecule has 0 amide bonds. The monoisotopic (exact) mass is 364 g/mol. The summed E-state index contributed by atoms with van der Waals surface area (Å²) >= 11 is 6.16. The van der Waals surface area contributed by atoms with Crippen molar-refractivity contribution < 1.29 is 14.6 Å². The summed E-state index contributed by atoms with van der Waals surface area (Å²) in [6.45, 7) is 0.447. The first-order valence-corrected chi connectivity index (χ1v) is 8.71. The van der Waals surface area contributed by atoms with Gasteiger partial charge in [0.1, 0.15) is 30.0 Å². The number of fused-ring (bicyclic) bond motifs is 1. The second kappa shape index (κ2) is 7.24. The Morgan fingerprint density at radius 3 is 2.58 bits per heavy atom. The SMILES string of the molecule is O[C@@H]1/C(=C/c2cc(Cl)ccc2OCc2ccccc2)Oc2ccccc21. The van der Waals surface area contributed by atoms with Crippen LogP contribution < -0.4 is 9.47 Å². The Kier molecular flexibility index (Phi) is 4.65. The maximum atomic E-state index is 10.5. The van der Waals surface area contributed by atoms with E-state index in [1.165, 1.54) is 0 Å². The van der Waals surface area contributed by atoms with E-state index in [0.29, 0.717) is 28.9 Å². The molecule has 0 aliphatic carbocycles. The van der Waals surface area contributed by atoms with Crippen molar-refractivity contribution in [2.24, 2.45) is 0 Å². The molecule has 0 bridgehead atoms. The summed E-state index contributed by atoms with van der Waals surface area (Å²) in [7, 11) is 0. The van der Waals surface area contributed by atoms with Crippen LogP contribution in [0, 0.1) is 0 Å². The summed E-state index contributed by atoms with van der Waals surface area (Å²) in [5, 5.41) is 11.1. The van der Waals surface area contributed by atoms with E-state index in [-0.39, 0.29) is 0 Å². The Labute approximate surface area is 157 Å². The molecular formula is C22H17ClO3. The highest BCUT2D eigenvalue weighted by atomic mass is 35.5. The van der Waals surface area contributed by atoms with Gasteiger partial charge in [-0.25, -0.2) is 0 Å². The third-order valence-corrected chi connectivity index (χ3v) is 4.45. The van der Waals surface area contributed by atoms with Crippen molar-refractivity contribution in [3.63, 3.8) is 0 Å². The van der Waals surface area contributed by atoms with Gasteiger partial charge in [-0.05, 0) is 35.9 Å². The lowest BCUT2D eigenvalue weighted by atomic mass is 10.1. The molecule has 4 rings (SSSR count). The zero-order valence-corrected chi connectivity index (χ0v) is 14.7. The maximum Gasteiger partial charge on any atom is 0.140 e. The summed E-state index contributed by atoms with van der Waals surface area (Å²) in [4.78, 5) is 0. The first-order chi connectivity index (χ1) is 12.7. The predicted octanol–water partition coefficient (Wildman–Crippen LogP) is 5.39. The predicted molar refractivity (Wildman–Crippen MR) is 102 cm³/mol. The number of hydrogen-bond acceptors (Lipinski definition) is 3. The van der Waals surface area contributed by atoms with E-state index in [4.69, 9.17) is 21.1 Å². The highest BCUT2D eigenvalue weighted by Gasteiger charge is 2.27. The number of rotatable bonds is 4. The van der Waals surface area contributed by atoms with Crippen LogP contribution in [0.3, 0.4) is 0 Å². The van der Waals surface area contributed by atoms with E-state index in [0.717, 1.165) is 16.7 Å². The first-order valence-electron chi connectivity index (χ1n) is 8.33. The van der Waals surface area contributed by atoms with Crippen molar-refractivity contribution in [1.29, 1.82) is 0 Å². The van der Waals surface area contributed by atoms with Crippen LogP contribution in [0.25, 0.3) is 6.08 Å². The van der Waals surface area contributed by atoms with Gasteiger partial charge >= 0.3 is 0 Å². The summed E-state index contributed by atoms with van der Waals surface area (Å²) in [5.41, 5.74) is 2.59. The molecule has 3 aromatic carbocycles. The summed E-state index contributed by atoms with van der Waals surface area (Å²) in [6, 6.07) is 22.8. The van der Waals surface area contributed by atoms with E-state index in [1.807, 2.05) is 60.7 Å². The molecule has 1 heterocycles. The minimum absolute atomic E-state index is 0.447. The van der Waals surface area contributed by atoms with E-state index < -0.39 is 6.10 Å². The van der Waals surface area contributed by atoms with Crippen molar-refractivity contribution >= 4 is 17.7 Å². The molecular weight excluding hydrogens is 348 g/mol. The van der Waals surface area contributed by atoms with Crippen molar-refractivity contribution in [1.82, 2.24) is 0 Å². The minimum atomic E-state index is -0.799. The molecule has 3 aromatic rings. The molecule has 0 radical (unpaired) electrons. The highest BCUT2D eigenvalue weighted by Crippen LogP contribution is 2.40. The van der Waals surface area contributed by atoms with Gasteiger partial charge in [0, 0.05) is 16.1 Å². The number of hydrogen-bond donors (Lipinski definition) is 1. The van der Waals surface area contributed by atoms with Gasteiger partial charge in [-0.3, -0.25) is 0 Å². The van der Waals surface area contributed by atoms with Crippen LogP contribution in [0.15, 0.2) is 78.6 Å². The van der Waals surface area contributed by atoms with E-state index in [2.05, 4.69) is 0 Å². The molecule has 26 heavy (non-hydrogen) atoms. The van der Waals surface area contributed by atoms with Gasteiger partial charge in [0.05, 0.1) is 0 Å². The summed E-state index contributed by atoms with van der Waals surface area (Å²) in [6.07, 6.45) is 0.976. The molecule has 1 atom stereocenters. The van der Waals surface area contributed by atoms with E-state index in [1.54, 1.807) is 18.2 Å². The summed E-state index contributed by atoms with van der Waals surface area (Å²) in [5.74, 6) is 1.80. The fourth-order valence-corrected chi connectivity index (χ4v) is 3.08. The fraction of sp³-hybridized carbons (Fsp3) is 0.0909. The van der Waals surface area contributed by atoms with Crippen LogP contribution in [0.5, 0.6) is 11.5 Å². The second-order valence-corrected chi connectivity index (χ2v) is 6.48. The molecule has 1 N–H and O–H groups in total. The molecule has 0 saturated heterocycles. The zero-order chi connectivity index (χ0) is 17.9. The number of benzene rings is 3. The molecule has 0 aromatic heterocycles. The van der Waals surface area contributed by atoms with Crippen LogP contribution in [-0.2, 0) is 6.61 Å². The standard InChI is InChI=1S/C22H17ClO3/c23-17-10-11-19(25-14-15-6-2-1-3-7-15)16(12-17)13-21-22(24)18-8-4-5-9-20(18)26-21/h1-13,22,24H,14H2/b21-13-/t22-/m0/s1. The number of aliphatic hydroxyl groups excluding tert-OH is 1. The molecule has 130 valence electrons. The van der Waals surface area contributed by atoms with Crippen molar-refractivity contribution in [2.75, 3.05) is 0 Å². The summed E-state index contributed by atoms with van der Waals surface area (Å²) < 4.78 is 11.8. The van der Waals surface area contributed by atoms with Gasteiger partial charge in [-0.1, -0.05) is 60.1 Å². The lowest BCUT2D eigenvalue weighted by Crippen LogP contribution is -1.99. The van der Waals surface area contributed by atoms with Crippen molar-refractivity contribution in [3.8, 4) is 11.5 Å². The third-order valence-electron chi connectivity index (χ3n) is 4.22. The van der Waals surface area contributed by atoms with Crippen LogP contribution in [-0.4, -0.2) is 5.11 Å². The van der Waals surface area contributed by atoms with Gasteiger partial charge in [0.2, 0.25) is 0 Å². The average Bonchev–Trinajstić information content (AvgIpc) is 2.98. The molecule has 3 nitrogen and oxygen atoms in total. The Balaban J connectivity index is 1.61. The Morgan fingerprint density at radius 1 is 1.00 bits per heavy atom. The first kappa shape index (κ1) is 16.7. The molecule has 1 aliphatic rings. The van der Waals surface area contributed by atoms with Crippen molar-refractivity contribution in [3.05, 3.63) is 100 Å². The van der Waals surface area contributed by atoms with Crippen LogP contribution in [0.1, 0.15) is 22.8 Å². The number of aliphatic hydroxyl groups is 1. The molecule has 0 unspecified atom stereocenters. The molecule has 0 spiro atoms. The highest BCUT2D eigenvalue weighted by molar-refractivity contribution is 6.30. The quantitative estimate of drug-likeness (QED) is 0.675. The largest absolute Gasteiger partial charge is 0.488 e. The van der Waals surface area contributed by atoms with Gasteiger partial charge < -0.3 is 14.6 Å².